The van der Waals surface area contributed by atoms with Gasteiger partial charge in [-0.25, -0.2) is 9.97 Å². The number of amides is 1. The molecule has 0 aliphatic heterocycles. The third kappa shape index (κ3) is 3.20. The molecule has 0 bridgehead atoms. The summed E-state index contributed by atoms with van der Waals surface area (Å²) in [5.74, 6) is 0.786. The van der Waals surface area contributed by atoms with E-state index in [4.69, 9.17) is 0 Å². The van der Waals surface area contributed by atoms with E-state index in [1.807, 2.05) is 58.8 Å². The van der Waals surface area contributed by atoms with E-state index >= 15 is 0 Å². The maximum Gasteiger partial charge on any atom is 0.242 e. The predicted octanol–water partition coefficient (Wildman–Crippen LogP) is 3.88. The lowest BCUT2D eigenvalue weighted by Gasteiger charge is -2.17. The van der Waals surface area contributed by atoms with Crippen molar-refractivity contribution in [1.29, 1.82) is 0 Å². The molecule has 1 aromatic carbocycles. The zero-order valence-corrected chi connectivity index (χ0v) is 15.3. The van der Waals surface area contributed by atoms with Crippen molar-refractivity contribution in [3.63, 3.8) is 0 Å². The Bertz CT molecular complexity index is 990. The number of thiophene rings is 1. The van der Waals surface area contributed by atoms with Crippen LogP contribution in [0.5, 0.6) is 0 Å². The molecule has 3 heterocycles. The van der Waals surface area contributed by atoms with E-state index in [9.17, 15) is 4.79 Å². The maximum absolute atomic E-state index is 12.8. The highest BCUT2D eigenvalue weighted by atomic mass is 32.1. The quantitative estimate of drug-likeness (QED) is 0.537. The van der Waals surface area contributed by atoms with Crippen LogP contribution in [-0.2, 0) is 17.9 Å². The monoisotopic (exact) mass is 368 g/mol. The second-order valence-electron chi connectivity index (χ2n) is 5.71. The molecule has 3 aromatic heterocycles. The van der Waals surface area contributed by atoms with Gasteiger partial charge in [0.25, 0.3) is 0 Å². The van der Waals surface area contributed by atoms with Gasteiger partial charge in [-0.05, 0) is 23.6 Å². The summed E-state index contributed by atoms with van der Waals surface area (Å²) in [5, 5.41) is 3.98. The van der Waals surface area contributed by atoms with E-state index in [-0.39, 0.29) is 12.5 Å². The molecule has 0 radical (unpaired) electrons. The molecule has 1 amide bonds. The van der Waals surface area contributed by atoms with Gasteiger partial charge in [0.15, 0.2) is 5.82 Å². The number of hydrogen-bond acceptors (Lipinski definition) is 5. The average Bonchev–Trinajstić information content (AvgIpc) is 3.35. The standard InChI is InChI=1S/C18H16N4OS2/c1-21(9-13-5-4-8-25-13)17(23)10-22-16-7-3-2-6-14(16)20-18(22)15-11-24-12-19-15/h2-8,11-12H,9-10H2,1H3. The number of carbonyl (C=O) groups is 1. The van der Waals surface area contributed by atoms with Crippen molar-refractivity contribution in [1.82, 2.24) is 19.4 Å². The van der Waals surface area contributed by atoms with Crippen LogP contribution in [0.25, 0.3) is 22.6 Å². The van der Waals surface area contributed by atoms with Gasteiger partial charge >= 0.3 is 0 Å². The third-order valence-corrected chi connectivity index (χ3v) is 5.46. The molecule has 0 aliphatic rings. The third-order valence-electron chi connectivity index (χ3n) is 4.01. The number of imidazole rings is 1. The number of likely N-dealkylation sites (N-methyl/N-ethyl adjacent to an activating group) is 1. The molecule has 0 spiro atoms. The minimum absolute atomic E-state index is 0.0491. The normalized spacial score (nSPS) is 11.1. The fourth-order valence-corrected chi connectivity index (χ4v) is 4.02. The van der Waals surface area contributed by atoms with Crippen LogP contribution in [0, 0.1) is 0 Å². The zero-order valence-electron chi connectivity index (χ0n) is 13.6. The molecule has 0 fully saturated rings. The van der Waals surface area contributed by atoms with Crippen molar-refractivity contribution in [2.45, 2.75) is 13.1 Å². The number of aromatic nitrogens is 3. The first-order valence-electron chi connectivity index (χ1n) is 7.82. The zero-order chi connectivity index (χ0) is 17.2. The molecule has 25 heavy (non-hydrogen) atoms. The van der Waals surface area contributed by atoms with Crippen LogP contribution in [0.3, 0.4) is 0 Å². The van der Waals surface area contributed by atoms with Crippen LogP contribution in [0.1, 0.15) is 4.88 Å². The first-order valence-corrected chi connectivity index (χ1v) is 9.65. The number of nitrogens with zero attached hydrogens (tertiary/aromatic N) is 4. The van der Waals surface area contributed by atoms with Gasteiger partial charge in [-0.15, -0.1) is 22.7 Å². The Morgan fingerprint density at radius 2 is 2.12 bits per heavy atom. The van der Waals surface area contributed by atoms with Crippen molar-refractivity contribution in [2.24, 2.45) is 0 Å². The van der Waals surface area contributed by atoms with E-state index in [1.54, 1.807) is 21.7 Å². The lowest BCUT2D eigenvalue weighted by Crippen LogP contribution is -2.29. The van der Waals surface area contributed by atoms with Crippen LogP contribution in [0.15, 0.2) is 52.7 Å². The van der Waals surface area contributed by atoms with Crippen molar-refractivity contribution in [3.8, 4) is 11.5 Å². The van der Waals surface area contributed by atoms with Crippen LogP contribution in [-0.4, -0.2) is 32.4 Å². The SMILES string of the molecule is CN(Cc1cccs1)C(=O)Cn1c(-c2cscn2)nc2ccccc21. The van der Waals surface area contributed by atoms with Gasteiger partial charge < -0.3 is 9.47 Å². The van der Waals surface area contributed by atoms with Gasteiger partial charge in [-0.3, -0.25) is 4.79 Å². The molecule has 0 aliphatic carbocycles. The van der Waals surface area contributed by atoms with Crippen LogP contribution < -0.4 is 0 Å². The van der Waals surface area contributed by atoms with Crippen molar-refractivity contribution in [2.75, 3.05) is 7.05 Å². The highest BCUT2D eigenvalue weighted by Crippen LogP contribution is 2.25. The van der Waals surface area contributed by atoms with Gasteiger partial charge in [-0.1, -0.05) is 18.2 Å². The van der Waals surface area contributed by atoms with E-state index in [1.165, 1.54) is 16.2 Å². The molecule has 0 atom stereocenters. The molecule has 4 aromatic rings. The number of hydrogen-bond donors (Lipinski definition) is 0. The molecule has 7 heteroatoms. The summed E-state index contributed by atoms with van der Waals surface area (Å²) >= 11 is 3.18. The van der Waals surface area contributed by atoms with E-state index in [0.717, 1.165) is 22.6 Å². The number of thiazole rings is 1. The number of carbonyl (C=O) groups excluding carboxylic acids is 1. The smallest absolute Gasteiger partial charge is 0.242 e. The van der Waals surface area contributed by atoms with Gasteiger partial charge in [0, 0.05) is 17.3 Å². The Kier molecular flexibility index (Phi) is 4.33. The first-order chi connectivity index (χ1) is 12.2. The van der Waals surface area contributed by atoms with Gasteiger partial charge in [0.2, 0.25) is 5.91 Å². The Hall–Kier alpha value is -2.51. The molecular weight excluding hydrogens is 352 g/mol. The van der Waals surface area contributed by atoms with Crippen molar-refractivity contribution >= 4 is 39.6 Å². The molecule has 126 valence electrons. The number of para-hydroxylation sites is 2. The van der Waals surface area contributed by atoms with Crippen LogP contribution in [0.2, 0.25) is 0 Å². The fourth-order valence-electron chi connectivity index (χ4n) is 2.73. The maximum atomic E-state index is 12.8. The Morgan fingerprint density at radius 3 is 2.88 bits per heavy atom. The Labute approximate surface area is 153 Å². The number of rotatable bonds is 5. The van der Waals surface area contributed by atoms with Crippen molar-refractivity contribution in [3.05, 3.63) is 57.5 Å². The fraction of sp³-hybridized carbons (Fsp3) is 0.167. The van der Waals surface area contributed by atoms with Crippen molar-refractivity contribution < 1.29 is 4.79 Å². The van der Waals surface area contributed by atoms with Gasteiger partial charge in [0.1, 0.15) is 12.2 Å². The second kappa shape index (κ2) is 6.78. The minimum atomic E-state index is 0.0491. The summed E-state index contributed by atoms with van der Waals surface area (Å²) in [7, 11) is 1.84. The second-order valence-corrected chi connectivity index (χ2v) is 7.46. The van der Waals surface area contributed by atoms with E-state index in [2.05, 4.69) is 9.97 Å². The molecule has 4 rings (SSSR count). The molecule has 0 saturated heterocycles. The molecule has 0 unspecified atom stereocenters. The molecule has 5 nitrogen and oxygen atoms in total. The average molecular weight is 368 g/mol. The summed E-state index contributed by atoms with van der Waals surface area (Å²) < 4.78 is 1.96. The highest BCUT2D eigenvalue weighted by Gasteiger charge is 2.18. The Balaban J connectivity index is 1.66. The lowest BCUT2D eigenvalue weighted by molar-refractivity contribution is -0.130. The predicted molar refractivity (Wildman–Crippen MR) is 102 cm³/mol. The van der Waals surface area contributed by atoms with E-state index in [0.29, 0.717) is 6.54 Å². The summed E-state index contributed by atoms with van der Waals surface area (Å²) in [4.78, 5) is 24.7. The highest BCUT2D eigenvalue weighted by molar-refractivity contribution is 7.09. The van der Waals surface area contributed by atoms with Crippen LogP contribution >= 0.6 is 22.7 Å². The summed E-state index contributed by atoms with van der Waals surface area (Å²) in [5.41, 5.74) is 4.40. The molecular formula is C18H16N4OS2. The molecule has 0 saturated carbocycles. The molecule has 0 N–H and O–H groups in total. The Morgan fingerprint density at radius 1 is 1.24 bits per heavy atom. The summed E-state index contributed by atoms with van der Waals surface area (Å²) in [6.45, 7) is 0.865. The van der Waals surface area contributed by atoms with Gasteiger partial charge in [-0.2, -0.15) is 0 Å². The summed E-state index contributed by atoms with van der Waals surface area (Å²) in [6.07, 6.45) is 0. The largest absolute Gasteiger partial charge is 0.339 e. The summed E-state index contributed by atoms with van der Waals surface area (Å²) in [6, 6.07) is 11.9. The minimum Gasteiger partial charge on any atom is -0.339 e. The van der Waals surface area contributed by atoms with E-state index < -0.39 is 0 Å². The topological polar surface area (TPSA) is 51.0 Å². The van der Waals surface area contributed by atoms with Gasteiger partial charge in [0.05, 0.1) is 23.1 Å². The first kappa shape index (κ1) is 16.0. The number of benzene rings is 1. The van der Waals surface area contributed by atoms with Crippen LogP contribution in [0.4, 0.5) is 0 Å². The lowest BCUT2D eigenvalue weighted by atomic mass is 10.3. The number of fused-ring (bicyclic) bond motifs is 1.